The molecule has 5 unspecified atom stereocenters. The Morgan fingerprint density at radius 3 is 2.04 bits per heavy atom. The molecule has 1 saturated carbocycles. The topological polar surface area (TPSA) is 0 Å². The van der Waals surface area contributed by atoms with E-state index < -0.39 is 8.07 Å². The Hall–Kier alpha value is 0.501. The van der Waals surface area contributed by atoms with Gasteiger partial charge in [0.1, 0.15) is 0 Å². The summed E-state index contributed by atoms with van der Waals surface area (Å²) in [6, 6.07) is 14.7. The summed E-state index contributed by atoms with van der Waals surface area (Å²) in [5, 5.41) is 1.75. The Morgan fingerprint density at radius 2 is 1.44 bits per heavy atom. The summed E-state index contributed by atoms with van der Waals surface area (Å²) in [7, 11) is -1.37. The molecule has 0 radical (unpaired) electrons. The summed E-state index contributed by atoms with van der Waals surface area (Å²) in [5.74, 6) is 2.46. The van der Waals surface area contributed by atoms with Gasteiger partial charge < -0.3 is 37.2 Å². The third kappa shape index (κ3) is 3.89. The Kier molecular flexibility index (Phi) is 9.06. The molecule has 2 aliphatic carbocycles. The van der Waals surface area contributed by atoms with Crippen molar-refractivity contribution in [3.05, 3.63) is 54.6 Å². The van der Waals surface area contributed by atoms with Crippen molar-refractivity contribution in [2.24, 2.45) is 17.8 Å². The molecule has 1 heterocycles. The number of hydrogen-bond acceptors (Lipinski definition) is 0. The minimum Gasteiger partial charge on any atom is -1.00 e. The van der Waals surface area contributed by atoms with E-state index >= 15 is 0 Å². The summed E-state index contributed by atoms with van der Waals surface area (Å²) in [5.41, 5.74) is 0.943. The maximum absolute atomic E-state index is 2.56. The fourth-order valence-corrected chi connectivity index (χ4v) is 13.7. The molecule has 0 amide bonds. The van der Waals surface area contributed by atoms with Crippen LogP contribution in [0.1, 0.15) is 19.8 Å². The first-order valence-electron chi connectivity index (χ1n) is 8.86. The molecule has 5 atom stereocenters. The van der Waals surface area contributed by atoms with Crippen molar-refractivity contribution in [1.82, 2.24) is 0 Å². The summed E-state index contributed by atoms with van der Waals surface area (Å²) >= 11 is 2.51. The maximum Gasteiger partial charge on any atom is -1.00 e. The Labute approximate surface area is 184 Å². The zero-order valence-corrected chi connectivity index (χ0v) is 19.4. The number of allylic oxidation sites excluding steroid dienone is 4. The first kappa shape index (κ1) is 23.5. The number of benzene rings is 1. The second kappa shape index (κ2) is 9.62. The molecule has 0 N–H and O–H groups in total. The summed E-state index contributed by atoms with van der Waals surface area (Å²) < 4.78 is 0.838. The molecule has 0 bridgehead atoms. The van der Waals surface area contributed by atoms with Gasteiger partial charge in [-0.1, -0.05) is 0 Å². The van der Waals surface area contributed by atoms with Gasteiger partial charge in [-0.3, -0.25) is 0 Å². The Bertz CT molecular complexity index is 598. The van der Waals surface area contributed by atoms with Crippen LogP contribution < -0.4 is 42.4 Å². The second-order valence-electron chi connectivity index (χ2n) is 7.56. The summed E-state index contributed by atoms with van der Waals surface area (Å²) in [6.07, 6.45) is 12.6. The molecule has 134 valence electrons. The van der Waals surface area contributed by atoms with E-state index in [-0.39, 0.29) is 37.2 Å². The third-order valence-electron chi connectivity index (χ3n) is 6.67. The number of hydrogen-bond donors (Lipinski definition) is 0. The van der Waals surface area contributed by atoms with E-state index in [9.17, 15) is 0 Å². The minimum absolute atomic E-state index is 0. The molecule has 1 saturated heterocycles. The smallest absolute Gasteiger partial charge is 1.00 e. The van der Waals surface area contributed by atoms with Gasteiger partial charge in [0.05, 0.1) is 0 Å². The predicted octanol–water partition coefficient (Wildman–Crippen LogP) is -4.14. The predicted molar refractivity (Wildman–Crippen MR) is 92.6 cm³/mol. The fourth-order valence-electron chi connectivity index (χ4n) is 5.75. The molecule has 3 aliphatic rings. The molecule has 0 nitrogen and oxygen atoms in total. The molecule has 1 aliphatic heterocycles. The zero-order chi connectivity index (χ0) is 15.2. The van der Waals surface area contributed by atoms with Crippen LogP contribution in [0.3, 0.4) is 0 Å². The largest absolute Gasteiger partial charge is 1.00 e. The van der Waals surface area contributed by atoms with E-state index in [0.29, 0.717) is 0 Å². The van der Waals surface area contributed by atoms with Crippen LogP contribution in [-0.4, -0.2) is 8.07 Å². The molecule has 0 aromatic heterocycles. The zero-order valence-electron chi connectivity index (χ0n) is 14.5. The monoisotopic (exact) mass is 446 g/mol. The average Bonchev–Trinajstić information content (AvgIpc) is 3.14. The van der Waals surface area contributed by atoms with Crippen molar-refractivity contribution in [3.63, 3.8) is 0 Å². The summed E-state index contributed by atoms with van der Waals surface area (Å²) in [4.78, 5) is 0. The van der Waals surface area contributed by atoms with Crippen molar-refractivity contribution in [1.29, 1.82) is 0 Å². The van der Waals surface area contributed by atoms with Crippen LogP contribution in [0.25, 0.3) is 0 Å². The van der Waals surface area contributed by atoms with Gasteiger partial charge in [0.2, 0.25) is 0 Å². The molecular weight excluding hydrogens is 423 g/mol. The van der Waals surface area contributed by atoms with Gasteiger partial charge in [-0.2, -0.15) is 0 Å². The van der Waals surface area contributed by atoms with Crippen LogP contribution in [0.2, 0.25) is 21.9 Å². The van der Waals surface area contributed by atoms with Crippen LogP contribution in [0, 0.1) is 17.8 Å². The molecule has 1 aromatic rings. The normalized spacial score (nSPS) is 34.4. The van der Waals surface area contributed by atoms with Gasteiger partial charge in [-0.15, -0.1) is 0 Å². The fraction of sp³-hybridized carbons (Fsp3) is 0.500. The average molecular weight is 448 g/mol. The van der Waals surface area contributed by atoms with E-state index in [0.717, 1.165) is 27.5 Å². The van der Waals surface area contributed by atoms with E-state index in [4.69, 9.17) is 0 Å². The molecule has 1 aromatic carbocycles. The molecule has 25 heavy (non-hydrogen) atoms. The van der Waals surface area contributed by atoms with Gasteiger partial charge in [0.15, 0.2) is 0 Å². The number of rotatable bonds is 2. The van der Waals surface area contributed by atoms with Gasteiger partial charge in [-0.25, -0.2) is 0 Å². The van der Waals surface area contributed by atoms with E-state index in [2.05, 4.69) is 82.0 Å². The first-order valence-corrected chi connectivity index (χ1v) is 12.2. The molecular formula is C20H25Cl3SiTi. The third-order valence-corrected chi connectivity index (χ3v) is 14.3. The Morgan fingerprint density at radius 1 is 0.880 bits per heavy atom. The Balaban J connectivity index is 0.00000104. The second-order valence-corrected chi connectivity index (χ2v) is 13.2. The first-order chi connectivity index (χ1) is 10.7. The standard InChI is InChI=1S/C20H25Si.3ClH.Ti/c1-16-15-17-9-5-6-12-19(17)20(16)21(13-7-8-14-21)18-10-3-2-4-11-18;;;;/h2-6,9-12,15-17,19-20H,7-8,13-14H2,1H3;3*1H;/q;;;;+3/p-3. The quantitative estimate of drug-likeness (QED) is 0.404. The van der Waals surface area contributed by atoms with Crippen LogP contribution in [0.5, 0.6) is 0 Å². The van der Waals surface area contributed by atoms with Crippen molar-refractivity contribution in [2.75, 3.05) is 0 Å². The van der Waals surface area contributed by atoms with Crippen LogP contribution >= 0.6 is 0 Å². The SMILES string of the molecule is CC1[CH]([Ti+3])C2C=CC=CC2C1[Si]1(c2ccccc2)CCCC1.[Cl-].[Cl-].[Cl-]. The van der Waals surface area contributed by atoms with E-state index in [1.807, 2.05) is 0 Å². The van der Waals surface area contributed by atoms with Crippen LogP contribution in [0.4, 0.5) is 0 Å². The molecule has 2 fully saturated rings. The van der Waals surface area contributed by atoms with Crippen molar-refractivity contribution >= 4 is 13.3 Å². The van der Waals surface area contributed by atoms with Crippen molar-refractivity contribution in [3.8, 4) is 0 Å². The van der Waals surface area contributed by atoms with Gasteiger partial charge in [-0.05, 0) is 0 Å². The van der Waals surface area contributed by atoms with E-state index in [1.165, 1.54) is 24.9 Å². The summed E-state index contributed by atoms with van der Waals surface area (Å²) in [6.45, 7) is 2.56. The maximum atomic E-state index is 2.56. The van der Waals surface area contributed by atoms with Crippen molar-refractivity contribution in [2.45, 2.75) is 41.6 Å². The number of halogens is 3. The van der Waals surface area contributed by atoms with Gasteiger partial charge in [0, 0.05) is 0 Å². The van der Waals surface area contributed by atoms with Crippen LogP contribution in [-0.2, 0) is 20.4 Å². The minimum atomic E-state index is -1.37. The molecule has 4 rings (SSSR count). The molecule has 0 spiro atoms. The van der Waals surface area contributed by atoms with Crippen molar-refractivity contribution < 1.29 is 57.7 Å². The number of fused-ring (bicyclic) bond motifs is 1. The van der Waals surface area contributed by atoms with Gasteiger partial charge in [0.25, 0.3) is 0 Å². The molecule has 5 heteroatoms. The van der Waals surface area contributed by atoms with E-state index in [1.54, 1.807) is 5.19 Å². The van der Waals surface area contributed by atoms with Gasteiger partial charge >= 0.3 is 148 Å². The van der Waals surface area contributed by atoms with Crippen LogP contribution in [0.15, 0.2) is 54.6 Å².